The smallest absolute Gasteiger partial charge is 0.312 e. The Bertz CT molecular complexity index is 394. The second-order valence-corrected chi connectivity index (χ2v) is 6.72. The predicted molar refractivity (Wildman–Crippen MR) is 66.4 cm³/mol. The van der Waals surface area contributed by atoms with Crippen LogP contribution in [0.3, 0.4) is 0 Å². The molecule has 0 bridgehead atoms. The van der Waals surface area contributed by atoms with E-state index < -0.39 is 0 Å². The molecule has 2 aliphatic carbocycles. The van der Waals surface area contributed by atoms with Gasteiger partial charge in [0, 0.05) is 0 Å². The number of cyclic esters (lactones) is 1. The lowest BCUT2D eigenvalue weighted by atomic mass is 9.62. The Morgan fingerprint density at radius 3 is 2.82 bits per heavy atom. The van der Waals surface area contributed by atoms with E-state index in [0.717, 1.165) is 12.8 Å². The largest absolute Gasteiger partial charge is 0.465 e. The average Bonchev–Trinajstić information content (AvgIpc) is 2.70. The number of hydrogen-bond acceptors (Lipinski definition) is 2. The van der Waals surface area contributed by atoms with Crippen LogP contribution in [-0.4, -0.2) is 12.6 Å². The molecule has 3 unspecified atom stereocenters. The Labute approximate surface area is 103 Å². The van der Waals surface area contributed by atoms with Crippen molar-refractivity contribution in [3.8, 4) is 0 Å². The lowest BCUT2D eigenvalue weighted by Crippen LogP contribution is -2.40. The molecule has 2 heteroatoms. The van der Waals surface area contributed by atoms with Gasteiger partial charge < -0.3 is 4.74 Å². The van der Waals surface area contributed by atoms with Gasteiger partial charge in [-0.05, 0) is 49.9 Å². The first-order valence-corrected chi connectivity index (χ1v) is 6.82. The van der Waals surface area contributed by atoms with Gasteiger partial charge in [-0.15, -0.1) is 0 Å². The Balaban J connectivity index is 2.02. The predicted octanol–water partition coefficient (Wildman–Crippen LogP) is 3.32. The van der Waals surface area contributed by atoms with Gasteiger partial charge in [0.2, 0.25) is 0 Å². The molecule has 1 saturated heterocycles. The van der Waals surface area contributed by atoms with E-state index in [4.69, 9.17) is 4.74 Å². The third-order valence-corrected chi connectivity index (χ3v) is 5.76. The minimum Gasteiger partial charge on any atom is -0.465 e. The molecular weight excluding hydrogens is 212 g/mol. The molecule has 17 heavy (non-hydrogen) atoms. The van der Waals surface area contributed by atoms with Crippen LogP contribution in [0, 0.1) is 22.7 Å². The fourth-order valence-electron chi connectivity index (χ4n) is 4.61. The molecule has 0 amide bonds. The van der Waals surface area contributed by atoms with Gasteiger partial charge in [-0.2, -0.15) is 0 Å². The van der Waals surface area contributed by atoms with Crippen LogP contribution in [0.2, 0.25) is 0 Å². The third kappa shape index (κ3) is 1.30. The number of carbonyl (C=O) groups is 1. The van der Waals surface area contributed by atoms with Crippen molar-refractivity contribution in [2.45, 2.75) is 46.5 Å². The van der Waals surface area contributed by atoms with E-state index in [9.17, 15) is 4.79 Å². The molecule has 1 saturated carbocycles. The Morgan fingerprint density at radius 1 is 1.41 bits per heavy atom. The summed E-state index contributed by atoms with van der Waals surface area (Å²) in [6, 6.07) is 0. The highest BCUT2D eigenvalue weighted by molar-refractivity contribution is 5.80. The van der Waals surface area contributed by atoms with Crippen LogP contribution in [-0.2, 0) is 9.53 Å². The summed E-state index contributed by atoms with van der Waals surface area (Å²) in [7, 11) is 0. The summed E-state index contributed by atoms with van der Waals surface area (Å²) in [6.45, 7) is 7.43. The lowest BCUT2D eigenvalue weighted by molar-refractivity contribution is -0.151. The monoisotopic (exact) mass is 234 g/mol. The molecule has 3 rings (SSSR count). The lowest BCUT2D eigenvalue weighted by Gasteiger charge is -2.39. The molecule has 0 aromatic rings. The SMILES string of the molecule is CC1=CC2CC3(CCOC3=O)C(C)(C)C2CC1. The molecule has 0 N–H and O–H groups in total. The van der Waals surface area contributed by atoms with Gasteiger partial charge in [0.15, 0.2) is 0 Å². The minimum absolute atomic E-state index is 0.0722. The van der Waals surface area contributed by atoms with Crippen molar-refractivity contribution in [3.05, 3.63) is 11.6 Å². The van der Waals surface area contributed by atoms with E-state index in [-0.39, 0.29) is 16.8 Å². The van der Waals surface area contributed by atoms with E-state index in [2.05, 4.69) is 26.8 Å². The number of allylic oxidation sites excluding steroid dienone is 2. The second kappa shape index (κ2) is 3.37. The molecule has 1 aliphatic heterocycles. The highest BCUT2D eigenvalue weighted by Crippen LogP contribution is 2.65. The van der Waals surface area contributed by atoms with Crippen molar-refractivity contribution in [1.29, 1.82) is 0 Å². The minimum atomic E-state index is -0.191. The standard InChI is InChI=1S/C15H22O2/c1-10-4-5-12-11(8-10)9-15(14(12,2)3)6-7-17-13(15)16/h8,11-12H,4-7,9H2,1-3H3. The summed E-state index contributed by atoms with van der Waals surface area (Å²) >= 11 is 0. The topological polar surface area (TPSA) is 26.3 Å². The van der Waals surface area contributed by atoms with Crippen molar-refractivity contribution < 1.29 is 9.53 Å². The van der Waals surface area contributed by atoms with E-state index in [1.165, 1.54) is 18.4 Å². The maximum Gasteiger partial charge on any atom is 0.312 e. The molecule has 1 heterocycles. The summed E-state index contributed by atoms with van der Waals surface area (Å²) in [5.41, 5.74) is 1.41. The second-order valence-electron chi connectivity index (χ2n) is 6.72. The molecule has 3 atom stereocenters. The van der Waals surface area contributed by atoms with E-state index in [1.54, 1.807) is 0 Å². The van der Waals surface area contributed by atoms with Crippen LogP contribution in [0.1, 0.15) is 46.5 Å². The summed E-state index contributed by atoms with van der Waals surface area (Å²) in [4.78, 5) is 12.2. The summed E-state index contributed by atoms with van der Waals surface area (Å²) in [5, 5.41) is 0. The summed E-state index contributed by atoms with van der Waals surface area (Å²) in [6.07, 6.45) is 6.82. The molecule has 3 aliphatic rings. The quantitative estimate of drug-likeness (QED) is 0.475. The molecule has 0 aromatic heterocycles. The number of rotatable bonds is 0. The highest BCUT2D eigenvalue weighted by Gasteiger charge is 2.64. The Hall–Kier alpha value is -0.790. The van der Waals surface area contributed by atoms with Gasteiger partial charge in [-0.3, -0.25) is 4.79 Å². The molecule has 1 spiro atoms. The fourth-order valence-corrected chi connectivity index (χ4v) is 4.61. The van der Waals surface area contributed by atoms with Crippen molar-refractivity contribution in [2.75, 3.05) is 6.61 Å². The van der Waals surface area contributed by atoms with E-state index in [1.807, 2.05) is 0 Å². The normalized spacial score (nSPS) is 43.5. The summed E-state index contributed by atoms with van der Waals surface area (Å²) < 4.78 is 5.30. The van der Waals surface area contributed by atoms with E-state index >= 15 is 0 Å². The van der Waals surface area contributed by atoms with Gasteiger partial charge >= 0.3 is 5.97 Å². The first kappa shape index (κ1) is 11.3. The highest BCUT2D eigenvalue weighted by atomic mass is 16.5. The maximum absolute atomic E-state index is 12.2. The van der Waals surface area contributed by atoms with Gasteiger partial charge in [0.1, 0.15) is 0 Å². The molecular formula is C15H22O2. The molecule has 2 fully saturated rings. The van der Waals surface area contributed by atoms with E-state index in [0.29, 0.717) is 18.4 Å². The summed E-state index contributed by atoms with van der Waals surface area (Å²) in [5.74, 6) is 1.34. The Kier molecular flexibility index (Phi) is 2.24. The number of hydrogen-bond donors (Lipinski definition) is 0. The van der Waals surface area contributed by atoms with Crippen LogP contribution >= 0.6 is 0 Å². The zero-order chi connectivity index (χ0) is 12.3. The number of fused-ring (bicyclic) bond motifs is 1. The maximum atomic E-state index is 12.2. The molecule has 0 radical (unpaired) electrons. The van der Waals surface area contributed by atoms with Crippen molar-refractivity contribution in [2.24, 2.45) is 22.7 Å². The van der Waals surface area contributed by atoms with Crippen molar-refractivity contribution >= 4 is 5.97 Å². The van der Waals surface area contributed by atoms with Crippen LogP contribution in [0.5, 0.6) is 0 Å². The van der Waals surface area contributed by atoms with Gasteiger partial charge in [0.25, 0.3) is 0 Å². The zero-order valence-electron chi connectivity index (χ0n) is 11.1. The molecule has 94 valence electrons. The molecule has 2 nitrogen and oxygen atoms in total. The van der Waals surface area contributed by atoms with Gasteiger partial charge in [0.05, 0.1) is 12.0 Å². The van der Waals surface area contributed by atoms with Crippen molar-refractivity contribution in [1.82, 2.24) is 0 Å². The van der Waals surface area contributed by atoms with Gasteiger partial charge in [-0.25, -0.2) is 0 Å². The zero-order valence-corrected chi connectivity index (χ0v) is 11.1. The Morgan fingerprint density at radius 2 is 2.18 bits per heavy atom. The number of carbonyl (C=O) groups excluding carboxylic acids is 1. The van der Waals surface area contributed by atoms with Crippen LogP contribution in [0.15, 0.2) is 11.6 Å². The van der Waals surface area contributed by atoms with Crippen LogP contribution in [0.25, 0.3) is 0 Å². The van der Waals surface area contributed by atoms with Crippen molar-refractivity contribution in [3.63, 3.8) is 0 Å². The van der Waals surface area contributed by atoms with Crippen LogP contribution in [0.4, 0.5) is 0 Å². The third-order valence-electron chi connectivity index (χ3n) is 5.76. The average molecular weight is 234 g/mol. The first-order chi connectivity index (χ1) is 7.97. The number of ether oxygens (including phenoxy) is 1. The fraction of sp³-hybridized carbons (Fsp3) is 0.800. The number of esters is 1. The van der Waals surface area contributed by atoms with Crippen LogP contribution < -0.4 is 0 Å². The van der Waals surface area contributed by atoms with Gasteiger partial charge in [-0.1, -0.05) is 25.5 Å². The molecule has 0 aromatic carbocycles. The first-order valence-electron chi connectivity index (χ1n) is 6.82.